The Balaban J connectivity index is 0.964. The maximum atomic E-state index is 8.39. The molecule has 420 valence electrons. The van der Waals surface area contributed by atoms with Gasteiger partial charge in [0.25, 0.3) is 0 Å². The van der Waals surface area contributed by atoms with Gasteiger partial charge in [0.1, 0.15) is 44.7 Å². The molecule has 2 aliphatic heterocycles. The van der Waals surface area contributed by atoms with Gasteiger partial charge in [0.15, 0.2) is 0 Å². The summed E-state index contributed by atoms with van der Waals surface area (Å²) in [5, 5.41) is 8.71. The lowest BCUT2D eigenvalue weighted by atomic mass is 9.53. The number of fused-ring (bicyclic) bond motifs is 28. The molecule has 8 heterocycles. The summed E-state index contributed by atoms with van der Waals surface area (Å²) in [6.45, 7) is 0. The van der Waals surface area contributed by atoms with Gasteiger partial charge in [-0.2, -0.15) is 0 Å². The maximum Gasteiger partial charge on any atom is 0.205 e. The standard InChI is InChI=1S/C82H48N4O4/c1-3-23-49(24-4-1)83-63-37-17-11-31-55(63)81(56-32-12-18-38-64(56)83)59-47-73(85-61-35-15-7-27-51(61)75-67(85)43-45-71-77(75)53-29-9-21-41-69(53)87-71)90-80(59)82(57-33-13-19-39-65(57)84(50-25-5-2-6-26-50)66-40-20-14-34-58(66)82)60-48-74(89-79(60)81)86-62-36-16-8-28-52(62)76-68(86)44-46-72-78(76)54-30-10-22-42-70(54)88-72/h1-48H. The minimum atomic E-state index is -1.16. The molecule has 0 fully saturated rings. The van der Waals surface area contributed by atoms with Crippen molar-refractivity contribution in [2.45, 2.75) is 10.8 Å². The van der Waals surface area contributed by atoms with Crippen LogP contribution in [0.3, 0.4) is 0 Å². The minimum Gasteiger partial charge on any atom is -0.456 e. The lowest BCUT2D eigenvalue weighted by Gasteiger charge is -2.51. The Kier molecular flexibility index (Phi) is 9.30. The van der Waals surface area contributed by atoms with E-state index in [0.29, 0.717) is 11.8 Å². The SMILES string of the molecule is c1ccc(N2c3ccccc3C3(c4ccccc42)c2cc(-n4c5ccccc5c5c6c(ccc54)oc4ccccc46)oc2C2(c4ccccc4N(c4ccccc4)c4ccccc42)c2cc(-n4c5ccccc5c5c6c(ccc54)oc4ccccc46)oc23)cc1. The molecule has 8 nitrogen and oxygen atoms in total. The molecule has 0 radical (unpaired) electrons. The summed E-state index contributed by atoms with van der Waals surface area (Å²) in [5.74, 6) is 2.97. The molecule has 8 heteroatoms. The molecule has 18 aromatic rings. The van der Waals surface area contributed by atoms with E-state index in [1.165, 1.54) is 0 Å². The number of hydrogen-bond donors (Lipinski definition) is 0. The van der Waals surface area contributed by atoms with Gasteiger partial charge in [-0.1, -0.05) is 182 Å². The average Bonchev–Trinajstić information content (AvgIpc) is 1.23. The highest BCUT2D eigenvalue weighted by atomic mass is 16.4. The number of furan rings is 4. The fourth-order valence-electron chi connectivity index (χ4n) is 16.6. The van der Waals surface area contributed by atoms with Crippen molar-refractivity contribution in [3.63, 3.8) is 0 Å². The molecule has 90 heavy (non-hydrogen) atoms. The number of benzene rings is 12. The van der Waals surface area contributed by atoms with E-state index in [2.05, 4.69) is 298 Å². The van der Waals surface area contributed by atoms with Crippen molar-refractivity contribution >= 4 is 122 Å². The highest BCUT2D eigenvalue weighted by molar-refractivity contribution is 6.28. The van der Waals surface area contributed by atoms with E-state index < -0.39 is 10.8 Å². The van der Waals surface area contributed by atoms with Gasteiger partial charge in [0, 0.05) is 77.7 Å². The number of rotatable bonds is 4. The summed E-state index contributed by atoms with van der Waals surface area (Å²) < 4.78 is 34.8. The molecule has 1 aliphatic carbocycles. The second-order valence-electron chi connectivity index (χ2n) is 24.1. The van der Waals surface area contributed by atoms with Crippen LogP contribution >= 0.6 is 0 Å². The molecule has 6 aromatic heterocycles. The highest BCUT2D eigenvalue weighted by Crippen LogP contribution is 2.70. The average molecular weight is 1150 g/mol. The summed E-state index contributed by atoms with van der Waals surface area (Å²) in [5.41, 5.74) is 17.6. The van der Waals surface area contributed by atoms with Gasteiger partial charge in [-0.25, -0.2) is 0 Å². The zero-order valence-corrected chi connectivity index (χ0v) is 48.1. The Morgan fingerprint density at radius 2 is 0.567 bits per heavy atom. The quantitative estimate of drug-likeness (QED) is 0.175. The Hall–Kier alpha value is -12.0. The lowest BCUT2D eigenvalue weighted by molar-refractivity contribution is 0.388. The Morgan fingerprint density at radius 3 is 0.967 bits per heavy atom. The molecule has 0 N–H and O–H groups in total. The second kappa shape index (κ2) is 17.4. The Labute approximate surface area is 514 Å². The van der Waals surface area contributed by atoms with E-state index in [0.717, 1.165) is 167 Å². The normalized spacial score (nSPS) is 14.4. The first kappa shape index (κ1) is 48.2. The number of aromatic nitrogens is 2. The highest BCUT2D eigenvalue weighted by Gasteiger charge is 2.64. The first-order valence-electron chi connectivity index (χ1n) is 30.7. The maximum absolute atomic E-state index is 8.39. The molecule has 0 atom stereocenters. The zero-order chi connectivity index (χ0) is 58.6. The third-order valence-corrected chi connectivity index (χ3v) is 19.9. The zero-order valence-electron chi connectivity index (χ0n) is 48.1. The van der Waals surface area contributed by atoms with Crippen LogP contribution in [0.15, 0.2) is 309 Å². The Morgan fingerprint density at radius 1 is 0.233 bits per heavy atom. The number of nitrogens with zero attached hydrogens (tertiary/aromatic N) is 4. The van der Waals surface area contributed by atoms with Crippen LogP contribution < -0.4 is 9.80 Å². The number of para-hydroxylation sites is 10. The second-order valence-corrected chi connectivity index (χ2v) is 24.1. The van der Waals surface area contributed by atoms with Gasteiger partial charge in [-0.15, -0.1) is 0 Å². The van der Waals surface area contributed by atoms with Crippen LogP contribution in [-0.4, -0.2) is 9.13 Å². The van der Waals surface area contributed by atoms with E-state index in [1.54, 1.807) is 0 Å². The van der Waals surface area contributed by atoms with Crippen LogP contribution in [0.25, 0.3) is 99.3 Å². The molecule has 12 aromatic carbocycles. The topological polar surface area (TPSA) is 68.9 Å². The van der Waals surface area contributed by atoms with Crippen LogP contribution in [0.2, 0.25) is 0 Å². The first-order chi connectivity index (χ1) is 44.7. The predicted octanol–water partition coefficient (Wildman–Crippen LogP) is 21.5. The summed E-state index contributed by atoms with van der Waals surface area (Å²) >= 11 is 0. The van der Waals surface area contributed by atoms with Crippen molar-refractivity contribution in [2.75, 3.05) is 9.80 Å². The third-order valence-electron chi connectivity index (χ3n) is 19.9. The number of hydrogen-bond acceptors (Lipinski definition) is 6. The van der Waals surface area contributed by atoms with Crippen molar-refractivity contribution in [2.24, 2.45) is 0 Å². The van der Waals surface area contributed by atoms with Crippen LogP contribution in [0.4, 0.5) is 34.1 Å². The van der Waals surface area contributed by atoms with Crippen LogP contribution in [-0.2, 0) is 10.8 Å². The largest absolute Gasteiger partial charge is 0.456 e. The first-order valence-corrected chi connectivity index (χ1v) is 30.7. The lowest BCUT2D eigenvalue weighted by Crippen LogP contribution is -2.48. The van der Waals surface area contributed by atoms with Crippen molar-refractivity contribution in [1.82, 2.24) is 9.13 Å². The molecule has 0 saturated carbocycles. The molecule has 0 saturated heterocycles. The van der Waals surface area contributed by atoms with Crippen LogP contribution in [0.5, 0.6) is 0 Å². The molecule has 0 bridgehead atoms. The van der Waals surface area contributed by atoms with Gasteiger partial charge in [0.2, 0.25) is 11.8 Å². The van der Waals surface area contributed by atoms with Crippen molar-refractivity contribution in [3.05, 3.63) is 336 Å². The van der Waals surface area contributed by atoms with Crippen LogP contribution in [0.1, 0.15) is 44.9 Å². The smallest absolute Gasteiger partial charge is 0.205 e. The van der Waals surface area contributed by atoms with E-state index in [4.69, 9.17) is 17.7 Å². The fraction of sp³-hybridized carbons (Fsp3) is 0.0244. The van der Waals surface area contributed by atoms with Crippen molar-refractivity contribution in [3.8, 4) is 11.8 Å². The summed E-state index contributed by atoms with van der Waals surface area (Å²) in [6, 6.07) is 105. The van der Waals surface area contributed by atoms with Gasteiger partial charge >= 0.3 is 0 Å². The molecule has 2 spiro atoms. The van der Waals surface area contributed by atoms with E-state index in [1.807, 2.05) is 12.1 Å². The van der Waals surface area contributed by atoms with E-state index in [-0.39, 0.29) is 0 Å². The molecule has 0 unspecified atom stereocenters. The monoisotopic (exact) mass is 1150 g/mol. The van der Waals surface area contributed by atoms with Crippen molar-refractivity contribution in [1.29, 1.82) is 0 Å². The molecular formula is C82H48N4O4. The predicted molar refractivity (Wildman–Crippen MR) is 361 cm³/mol. The summed E-state index contributed by atoms with van der Waals surface area (Å²) in [6.07, 6.45) is 0. The van der Waals surface area contributed by atoms with Crippen LogP contribution in [0, 0.1) is 0 Å². The molecule has 3 aliphatic rings. The molecule has 0 amide bonds. The summed E-state index contributed by atoms with van der Waals surface area (Å²) in [4.78, 5) is 4.85. The third kappa shape index (κ3) is 5.86. The van der Waals surface area contributed by atoms with E-state index in [9.17, 15) is 0 Å². The van der Waals surface area contributed by atoms with Gasteiger partial charge in [0.05, 0.1) is 44.8 Å². The summed E-state index contributed by atoms with van der Waals surface area (Å²) in [7, 11) is 0. The number of anilines is 6. The molecular weight excluding hydrogens is 1100 g/mol. The van der Waals surface area contributed by atoms with E-state index >= 15 is 0 Å². The van der Waals surface area contributed by atoms with Gasteiger partial charge in [-0.3, -0.25) is 9.13 Å². The van der Waals surface area contributed by atoms with Gasteiger partial charge in [-0.05, 0) is 119 Å². The Bertz CT molecular complexity index is 5580. The van der Waals surface area contributed by atoms with Gasteiger partial charge < -0.3 is 27.5 Å². The molecule has 21 rings (SSSR count). The van der Waals surface area contributed by atoms with Crippen molar-refractivity contribution < 1.29 is 17.7 Å². The minimum absolute atomic E-state index is 0.683. The fourth-order valence-corrected chi connectivity index (χ4v) is 16.6.